The molecule has 0 unspecified atom stereocenters. The number of thiol groups is 4. The van der Waals surface area contributed by atoms with E-state index in [1.54, 1.807) is 0 Å². The summed E-state index contributed by atoms with van der Waals surface area (Å²) >= 11 is 15.0. The van der Waals surface area contributed by atoms with Crippen LogP contribution in [0.15, 0.2) is 0 Å². The molecule has 0 heterocycles. The standard InChI is InChI=1S/C3H8O3.2C3H6O2S.C3H8OS2/c4-1-3(6)2-5;2*4-3(5)1-2-6;4-3(1-5)2-6/h3-6H,1-2H2;2*6H,1-2H2,(H,4,5);3-6H,1-2H2. The minimum Gasteiger partial charge on any atom is -0.481 e. The van der Waals surface area contributed by atoms with E-state index in [2.05, 4.69) is 50.5 Å². The predicted octanol–water partition coefficient (Wildman–Crippen LogP) is -0.679. The van der Waals surface area contributed by atoms with E-state index >= 15 is 0 Å². The highest BCUT2D eigenvalue weighted by atomic mass is 32.1. The van der Waals surface area contributed by atoms with E-state index in [9.17, 15) is 9.59 Å². The van der Waals surface area contributed by atoms with Gasteiger partial charge in [-0.3, -0.25) is 9.59 Å². The first-order chi connectivity index (χ1) is 11.2. The molecule has 24 heavy (non-hydrogen) atoms. The van der Waals surface area contributed by atoms with E-state index in [1.165, 1.54) is 0 Å². The van der Waals surface area contributed by atoms with Gasteiger partial charge in [0.1, 0.15) is 6.10 Å². The van der Waals surface area contributed by atoms with Crippen LogP contribution in [0.3, 0.4) is 0 Å². The lowest BCUT2D eigenvalue weighted by Gasteiger charge is -1.97. The van der Waals surface area contributed by atoms with Crippen molar-refractivity contribution in [2.24, 2.45) is 0 Å². The maximum atomic E-state index is 9.55. The molecule has 8 nitrogen and oxygen atoms in total. The summed E-state index contributed by atoms with van der Waals surface area (Å²) in [6.07, 6.45) is -0.978. The van der Waals surface area contributed by atoms with Gasteiger partial charge in [0.15, 0.2) is 0 Å². The van der Waals surface area contributed by atoms with E-state index in [4.69, 9.17) is 30.6 Å². The molecular weight excluding hydrogens is 400 g/mol. The van der Waals surface area contributed by atoms with Crippen LogP contribution in [0.1, 0.15) is 12.8 Å². The van der Waals surface area contributed by atoms with Gasteiger partial charge in [-0.1, -0.05) is 0 Å². The molecule has 0 atom stereocenters. The van der Waals surface area contributed by atoms with E-state index in [0.717, 1.165) is 0 Å². The zero-order valence-corrected chi connectivity index (χ0v) is 16.7. The number of rotatable bonds is 8. The van der Waals surface area contributed by atoms with Crippen molar-refractivity contribution in [1.82, 2.24) is 0 Å². The Hall–Kier alpha value is 0.180. The van der Waals surface area contributed by atoms with Crippen molar-refractivity contribution in [1.29, 1.82) is 0 Å². The molecule has 0 amide bonds. The third kappa shape index (κ3) is 49.5. The van der Waals surface area contributed by atoms with Crippen LogP contribution in [0.5, 0.6) is 0 Å². The average Bonchev–Trinajstić information content (AvgIpc) is 2.54. The minimum absolute atomic E-state index is 0.156. The molecule has 148 valence electrons. The zero-order chi connectivity index (χ0) is 20.0. The van der Waals surface area contributed by atoms with Crippen molar-refractivity contribution in [2.45, 2.75) is 25.0 Å². The molecular formula is C12H28O8S4. The van der Waals surface area contributed by atoms with Gasteiger partial charge in [0, 0.05) is 23.0 Å². The fraction of sp³-hybridized carbons (Fsp3) is 0.833. The second-order valence-corrected chi connectivity index (χ2v) is 5.40. The lowest BCUT2D eigenvalue weighted by Crippen LogP contribution is -2.15. The Kier molecular flexibility index (Phi) is 37.2. The molecule has 0 fully saturated rings. The van der Waals surface area contributed by atoms with Gasteiger partial charge in [0.25, 0.3) is 0 Å². The van der Waals surface area contributed by atoms with Crippen LogP contribution in [-0.4, -0.2) is 91.0 Å². The second-order valence-electron chi connectivity index (χ2n) is 3.77. The third-order valence-corrected chi connectivity index (χ3v) is 2.78. The maximum absolute atomic E-state index is 9.55. The monoisotopic (exact) mass is 428 g/mol. The Morgan fingerprint density at radius 3 is 1.00 bits per heavy atom. The van der Waals surface area contributed by atoms with Crippen molar-refractivity contribution < 1.29 is 40.2 Å². The number of carboxylic acid groups (broad SMARTS) is 2. The summed E-state index contributed by atoms with van der Waals surface area (Å²) in [7, 11) is 0. The van der Waals surface area contributed by atoms with Gasteiger partial charge in [-0.15, -0.1) is 0 Å². The molecule has 0 saturated heterocycles. The Labute approximate surface area is 163 Å². The number of carboxylic acids is 2. The quantitative estimate of drug-likeness (QED) is 0.228. The fourth-order valence-corrected chi connectivity index (χ4v) is 1.15. The lowest BCUT2D eigenvalue weighted by molar-refractivity contribution is -0.137. The van der Waals surface area contributed by atoms with E-state index in [1.807, 2.05) is 0 Å². The van der Waals surface area contributed by atoms with E-state index in [0.29, 0.717) is 23.0 Å². The van der Waals surface area contributed by atoms with Gasteiger partial charge in [-0.2, -0.15) is 50.5 Å². The van der Waals surface area contributed by atoms with Crippen molar-refractivity contribution >= 4 is 62.5 Å². The number of carbonyl (C=O) groups is 2. The van der Waals surface area contributed by atoms with Crippen LogP contribution in [0.4, 0.5) is 0 Å². The van der Waals surface area contributed by atoms with Crippen molar-refractivity contribution in [3.8, 4) is 0 Å². The van der Waals surface area contributed by atoms with Gasteiger partial charge in [0.05, 0.1) is 32.2 Å². The van der Waals surface area contributed by atoms with Crippen molar-refractivity contribution in [3.63, 3.8) is 0 Å². The van der Waals surface area contributed by atoms with Crippen LogP contribution >= 0.6 is 50.5 Å². The van der Waals surface area contributed by atoms with Crippen molar-refractivity contribution in [2.75, 3.05) is 36.2 Å². The first-order valence-corrected chi connectivity index (χ1v) is 9.14. The molecule has 0 bridgehead atoms. The van der Waals surface area contributed by atoms with Crippen molar-refractivity contribution in [3.05, 3.63) is 0 Å². The minimum atomic E-state index is -0.954. The second kappa shape index (κ2) is 28.0. The van der Waals surface area contributed by atoms with Gasteiger partial charge in [-0.25, -0.2) is 0 Å². The van der Waals surface area contributed by atoms with E-state index < -0.39 is 18.0 Å². The molecule has 12 heteroatoms. The molecule has 0 aliphatic rings. The molecule has 6 N–H and O–H groups in total. The Morgan fingerprint density at radius 1 is 0.708 bits per heavy atom. The topological polar surface area (TPSA) is 156 Å². The first kappa shape index (κ1) is 31.9. The fourth-order valence-electron chi connectivity index (χ4n) is 0.307. The predicted molar refractivity (Wildman–Crippen MR) is 106 cm³/mol. The lowest BCUT2D eigenvalue weighted by atomic mass is 10.4. The highest BCUT2D eigenvalue weighted by Crippen LogP contribution is 1.87. The molecule has 0 aliphatic carbocycles. The molecule has 0 saturated carbocycles. The number of aliphatic hydroxyl groups is 4. The van der Waals surface area contributed by atoms with E-state index in [-0.39, 0.29) is 32.2 Å². The molecule has 0 aromatic heterocycles. The molecule has 0 radical (unpaired) electrons. The number of hydrogen-bond acceptors (Lipinski definition) is 10. The molecule has 0 spiro atoms. The summed E-state index contributed by atoms with van der Waals surface area (Å²) < 4.78 is 0. The Morgan fingerprint density at radius 2 is 1.00 bits per heavy atom. The smallest absolute Gasteiger partial charge is 0.304 e. The molecule has 0 aromatic rings. The summed E-state index contributed by atoms with van der Waals surface area (Å²) in [5.41, 5.74) is 0. The molecule has 0 aliphatic heterocycles. The summed E-state index contributed by atoms with van der Waals surface area (Å²) in [5, 5.41) is 48.3. The largest absolute Gasteiger partial charge is 0.481 e. The van der Waals surface area contributed by atoms with Gasteiger partial charge in [-0.05, 0) is 0 Å². The Balaban J connectivity index is -0.000000111. The first-order valence-electron chi connectivity index (χ1n) is 6.61. The number of aliphatic hydroxyl groups excluding tert-OH is 4. The normalized spacial score (nSPS) is 9.08. The molecule has 0 rings (SSSR count). The van der Waals surface area contributed by atoms with Gasteiger partial charge in [0.2, 0.25) is 0 Å². The van der Waals surface area contributed by atoms with Crippen LogP contribution < -0.4 is 0 Å². The summed E-state index contributed by atoms with van der Waals surface area (Å²) in [6, 6.07) is 0. The summed E-state index contributed by atoms with van der Waals surface area (Å²) in [4.78, 5) is 19.1. The Bertz CT molecular complexity index is 237. The maximum Gasteiger partial charge on any atom is 0.304 e. The highest BCUT2D eigenvalue weighted by molar-refractivity contribution is 7.81. The van der Waals surface area contributed by atoms with Gasteiger partial charge >= 0.3 is 11.9 Å². The highest BCUT2D eigenvalue weighted by Gasteiger charge is 1.94. The van der Waals surface area contributed by atoms with Crippen LogP contribution in [-0.2, 0) is 9.59 Å². The summed E-state index contributed by atoms with van der Waals surface area (Å²) in [5.74, 6) is 0.285. The SMILES string of the molecule is O=C(O)CCS.O=C(O)CCS.OC(CS)CS.OCC(O)CO. The van der Waals surface area contributed by atoms with Crippen LogP contribution in [0.2, 0.25) is 0 Å². The average molecular weight is 429 g/mol. The zero-order valence-electron chi connectivity index (χ0n) is 13.1. The molecule has 0 aromatic carbocycles. The number of hydrogen-bond donors (Lipinski definition) is 10. The number of aliphatic carboxylic acids is 2. The van der Waals surface area contributed by atoms with Crippen LogP contribution in [0, 0.1) is 0 Å². The summed E-state index contributed by atoms with van der Waals surface area (Å²) in [6.45, 7) is -0.729. The third-order valence-electron chi connectivity index (χ3n) is 1.49. The van der Waals surface area contributed by atoms with Crippen LogP contribution in [0.25, 0.3) is 0 Å². The van der Waals surface area contributed by atoms with Gasteiger partial charge < -0.3 is 30.6 Å².